The van der Waals surface area contributed by atoms with Gasteiger partial charge in [-0.05, 0) is 48.4 Å². The molecular formula is C19H17FN4O. The van der Waals surface area contributed by atoms with Crippen molar-refractivity contribution in [3.05, 3.63) is 70.9 Å². The van der Waals surface area contributed by atoms with E-state index in [0.29, 0.717) is 28.9 Å². The van der Waals surface area contributed by atoms with Crippen LogP contribution < -0.4 is 0 Å². The van der Waals surface area contributed by atoms with Gasteiger partial charge in [0.2, 0.25) is 0 Å². The number of hydrogen-bond acceptors (Lipinski definition) is 4. The fraction of sp³-hybridized carbons (Fsp3) is 0.211. The molecule has 0 saturated carbocycles. The third-order valence-corrected chi connectivity index (χ3v) is 4.03. The molecule has 126 valence electrons. The first-order valence-electron chi connectivity index (χ1n) is 7.84. The number of aliphatic hydroxyl groups is 1. The SMILES string of the molecule is C[C@@H](O)c1cc(F)ccc1-c1ncccc1Cc1cc(C#N)n(C)n1. The van der Waals surface area contributed by atoms with Crippen molar-refractivity contribution in [2.24, 2.45) is 7.05 Å². The molecular weight excluding hydrogens is 319 g/mol. The lowest BCUT2D eigenvalue weighted by atomic mass is 9.95. The van der Waals surface area contributed by atoms with Gasteiger partial charge in [-0.3, -0.25) is 9.67 Å². The molecule has 0 radical (unpaired) electrons. The van der Waals surface area contributed by atoms with Gasteiger partial charge in [-0.2, -0.15) is 10.4 Å². The summed E-state index contributed by atoms with van der Waals surface area (Å²) in [6, 6.07) is 11.9. The van der Waals surface area contributed by atoms with Crippen molar-refractivity contribution in [1.82, 2.24) is 14.8 Å². The topological polar surface area (TPSA) is 74.7 Å². The van der Waals surface area contributed by atoms with Crippen molar-refractivity contribution in [3.8, 4) is 17.3 Å². The normalized spacial score (nSPS) is 12.0. The van der Waals surface area contributed by atoms with E-state index in [1.807, 2.05) is 12.1 Å². The van der Waals surface area contributed by atoms with E-state index in [1.165, 1.54) is 16.8 Å². The van der Waals surface area contributed by atoms with Crippen molar-refractivity contribution in [1.29, 1.82) is 5.26 Å². The van der Waals surface area contributed by atoms with Gasteiger partial charge < -0.3 is 5.11 Å². The zero-order chi connectivity index (χ0) is 18.0. The van der Waals surface area contributed by atoms with Crippen LogP contribution in [0.5, 0.6) is 0 Å². The van der Waals surface area contributed by atoms with Crippen LogP contribution >= 0.6 is 0 Å². The van der Waals surface area contributed by atoms with Crippen LogP contribution in [-0.2, 0) is 13.5 Å². The van der Waals surface area contributed by atoms with E-state index in [1.54, 1.807) is 32.3 Å². The predicted molar refractivity (Wildman–Crippen MR) is 91.0 cm³/mol. The monoisotopic (exact) mass is 336 g/mol. The molecule has 3 rings (SSSR count). The Kier molecular flexibility index (Phi) is 4.59. The summed E-state index contributed by atoms with van der Waals surface area (Å²) in [6.07, 6.45) is 1.32. The first-order chi connectivity index (χ1) is 12.0. The Morgan fingerprint density at radius 2 is 2.12 bits per heavy atom. The average Bonchev–Trinajstić information content (AvgIpc) is 2.95. The highest BCUT2D eigenvalue weighted by Crippen LogP contribution is 2.30. The van der Waals surface area contributed by atoms with Crippen molar-refractivity contribution in [2.75, 3.05) is 0 Å². The summed E-state index contributed by atoms with van der Waals surface area (Å²) >= 11 is 0. The van der Waals surface area contributed by atoms with Crippen LogP contribution in [0.25, 0.3) is 11.3 Å². The smallest absolute Gasteiger partial charge is 0.138 e. The lowest BCUT2D eigenvalue weighted by Crippen LogP contribution is -2.01. The van der Waals surface area contributed by atoms with Crippen molar-refractivity contribution in [2.45, 2.75) is 19.4 Å². The molecule has 3 aromatic rings. The Balaban J connectivity index is 2.06. The van der Waals surface area contributed by atoms with Gasteiger partial charge in [-0.15, -0.1) is 0 Å². The molecule has 0 spiro atoms. The van der Waals surface area contributed by atoms with E-state index in [2.05, 4.69) is 16.2 Å². The van der Waals surface area contributed by atoms with Crippen molar-refractivity contribution >= 4 is 0 Å². The highest BCUT2D eigenvalue weighted by molar-refractivity contribution is 5.68. The summed E-state index contributed by atoms with van der Waals surface area (Å²) in [4.78, 5) is 4.43. The van der Waals surface area contributed by atoms with Gasteiger partial charge in [0.1, 0.15) is 17.6 Å². The molecule has 0 aliphatic carbocycles. The Hall–Kier alpha value is -3.04. The number of halogens is 1. The molecule has 6 heteroatoms. The van der Waals surface area contributed by atoms with Gasteiger partial charge in [-0.1, -0.05) is 6.07 Å². The Bertz CT molecular complexity index is 956. The van der Waals surface area contributed by atoms with Gasteiger partial charge in [0, 0.05) is 25.2 Å². The Labute approximate surface area is 145 Å². The van der Waals surface area contributed by atoms with Crippen LogP contribution in [0.2, 0.25) is 0 Å². The summed E-state index contributed by atoms with van der Waals surface area (Å²) in [6.45, 7) is 1.60. The molecule has 2 heterocycles. The van der Waals surface area contributed by atoms with E-state index >= 15 is 0 Å². The largest absolute Gasteiger partial charge is 0.389 e. The molecule has 0 amide bonds. The number of hydrogen-bond donors (Lipinski definition) is 1. The summed E-state index contributed by atoms with van der Waals surface area (Å²) in [7, 11) is 1.72. The first kappa shape index (κ1) is 16.8. The first-order valence-corrected chi connectivity index (χ1v) is 7.84. The van der Waals surface area contributed by atoms with E-state index in [4.69, 9.17) is 5.26 Å². The van der Waals surface area contributed by atoms with Crippen LogP contribution in [0.15, 0.2) is 42.6 Å². The lowest BCUT2D eigenvalue weighted by molar-refractivity contribution is 0.199. The van der Waals surface area contributed by atoms with Crippen LogP contribution in [0.1, 0.15) is 35.5 Å². The highest BCUT2D eigenvalue weighted by atomic mass is 19.1. The molecule has 1 N–H and O–H groups in total. The molecule has 0 unspecified atom stereocenters. The molecule has 0 saturated heterocycles. The average molecular weight is 336 g/mol. The van der Waals surface area contributed by atoms with Gasteiger partial charge in [0.05, 0.1) is 17.5 Å². The van der Waals surface area contributed by atoms with Gasteiger partial charge in [0.25, 0.3) is 0 Å². The fourth-order valence-corrected chi connectivity index (χ4v) is 2.83. The number of aromatic nitrogens is 3. The maximum Gasteiger partial charge on any atom is 0.138 e. The van der Waals surface area contributed by atoms with Crippen LogP contribution in [0, 0.1) is 17.1 Å². The number of aryl methyl sites for hydroxylation is 1. The number of nitriles is 1. The van der Waals surface area contributed by atoms with Gasteiger partial charge in [-0.25, -0.2) is 4.39 Å². The molecule has 25 heavy (non-hydrogen) atoms. The molecule has 0 fully saturated rings. The van der Waals surface area contributed by atoms with E-state index in [9.17, 15) is 9.50 Å². The quantitative estimate of drug-likeness (QED) is 0.794. The molecule has 0 bridgehead atoms. The summed E-state index contributed by atoms with van der Waals surface area (Å²) in [5.74, 6) is -0.402. The second-order valence-electron chi connectivity index (χ2n) is 5.85. The molecule has 5 nitrogen and oxygen atoms in total. The highest BCUT2D eigenvalue weighted by Gasteiger charge is 2.16. The fourth-order valence-electron chi connectivity index (χ4n) is 2.83. The van der Waals surface area contributed by atoms with Crippen molar-refractivity contribution in [3.63, 3.8) is 0 Å². The minimum absolute atomic E-state index is 0.402. The number of pyridine rings is 1. The minimum atomic E-state index is -0.819. The summed E-state index contributed by atoms with van der Waals surface area (Å²) in [5.41, 5.74) is 3.95. The van der Waals surface area contributed by atoms with Crippen LogP contribution in [0.4, 0.5) is 4.39 Å². The zero-order valence-electron chi connectivity index (χ0n) is 13.9. The summed E-state index contributed by atoms with van der Waals surface area (Å²) < 4.78 is 15.1. The molecule has 1 aromatic carbocycles. The molecule has 1 atom stereocenters. The minimum Gasteiger partial charge on any atom is -0.389 e. The maximum absolute atomic E-state index is 13.6. The van der Waals surface area contributed by atoms with Crippen LogP contribution in [0.3, 0.4) is 0 Å². The molecule has 0 aliphatic heterocycles. The molecule has 0 aliphatic rings. The Morgan fingerprint density at radius 1 is 1.32 bits per heavy atom. The van der Waals surface area contributed by atoms with Gasteiger partial charge >= 0.3 is 0 Å². The number of aliphatic hydroxyl groups excluding tert-OH is 1. The third-order valence-electron chi connectivity index (χ3n) is 4.03. The number of rotatable bonds is 4. The van der Waals surface area contributed by atoms with Gasteiger partial charge in [0.15, 0.2) is 0 Å². The van der Waals surface area contributed by atoms with E-state index < -0.39 is 11.9 Å². The second kappa shape index (κ2) is 6.83. The molecule has 2 aromatic heterocycles. The number of nitrogens with zero attached hydrogens (tertiary/aromatic N) is 4. The zero-order valence-corrected chi connectivity index (χ0v) is 13.9. The second-order valence-corrected chi connectivity index (χ2v) is 5.85. The standard InChI is InChI=1S/C19H17FN4O/c1-12(25)18-9-14(20)5-6-17(18)19-13(4-3-7-22-19)8-15-10-16(11-21)24(2)23-15/h3-7,9-10,12,25H,8H2,1-2H3/t12-/m1/s1. The van der Waals surface area contributed by atoms with E-state index in [-0.39, 0.29) is 0 Å². The summed E-state index contributed by atoms with van der Waals surface area (Å²) in [5, 5.41) is 23.4. The van der Waals surface area contributed by atoms with Crippen LogP contribution in [-0.4, -0.2) is 19.9 Å². The Morgan fingerprint density at radius 3 is 2.80 bits per heavy atom. The van der Waals surface area contributed by atoms with Crippen molar-refractivity contribution < 1.29 is 9.50 Å². The lowest BCUT2D eigenvalue weighted by Gasteiger charge is -2.14. The van der Waals surface area contributed by atoms with E-state index in [0.717, 1.165) is 11.3 Å². The predicted octanol–water partition coefficient (Wildman–Crippen LogP) is 3.14. The number of benzene rings is 1. The third kappa shape index (κ3) is 3.42. The maximum atomic E-state index is 13.6.